The molecule has 0 radical (unpaired) electrons. The Morgan fingerprint density at radius 1 is 0.786 bits per heavy atom. The lowest BCUT2D eigenvalue weighted by Crippen LogP contribution is -1.89. The lowest BCUT2D eigenvalue weighted by atomic mass is 10.0. The van der Waals surface area contributed by atoms with Crippen LogP contribution in [0.2, 0.25) is 0 Å². The molecule has 0 aromatic rings. The molecule has 1 aliphatic carbocycles. The van der Waals surface area contributed by atoms with Crippen LogP contribution in [0.1, 0.15) is 85.0 Å². The van der Waals surface area contributed by atoms with E-state index < -0.39 is 0 Å². The van der Waals surface area contributed by atoms with Crippen molar-refractivity contribution in [1.82, 2.24) is 0 Å². The molecule has 0 heteroatoms. The van der Waals surface area contributed by atoms with E-state index in [9.17, 15) is 0 Å². The summed E-state index contributed by atoms with van der Waals surface area (Å²) < 4.78 is 0. The van der Waals surface area contributed by atoms with E-state index >= 15 is 0 Å². The van der Waals surface area contributed by atoms with Crippen LogP contribution in [0.5, 0.6) is 0 Å². The maximum Gasteiger partial charge on any atom is -0.0414 e. The third-order valence-electron chi connectivity index (χ3n) is 3.13. The Labute approximate surface area is 91.5 Å². The van der Waals surface area contributed by atoms with Crippen molar-refractivity contribution in [3.05, 3.63) is 0 Å². The second-order valence-electron chi connectivity index (χ2n) is 4.65. The minimum atomic E-state index is 1.11. The highest BCUT2D eigenvalue weighted by atomic mass is 14.2. The fourth-order valence-electron chi connectivity index (χ4n) is 2.21. The first-order valence-corrected chi connectivity index (χ1v) is 6.85. The topological polar surface area (TPSA) is 0 Å². The zero-order valence-electron chi connectivity index (χ0n) is 10.6. The molecule has 0 aliphatic heterocycles. The van der Waals surface area contributed by atoms with Crippen molar-refractivity contribution in [2.75, 3.05) is 0 Å². The summed E-state index contributed by atoms with van der Waals surface area (Å²) in [5.41, 5.74) is 0. The van der Waals surface area contributed by atoms with Crippen molar-refractivity contribution in [2.45, 2.75) is 85.0 Å². The van der Waals surface area contributed by atoms with Gasteiger partial charge in [0, 0.05) is 0 Å². The number of unbranched alkanes of at least 4 members (excludes halogenated alkanes) is 3. The highest BCUT2D eigenvalue weighted by Gasteiger charge is 2.12. The zero-order valence-corrected chi connectivity index (χ0v) is 10.6. The molecule has 1 aliphatic rings. The van der Waals surface area contributed by atoms with Crippen LogP contribution in [0.25, 0.3) is 0 Å². The minimum absolute atomic E-state index is 1.11. The van der Waals surface area contributed by atoms with Crippen LogP contribution in [0.3, 0.4) is 0 Å². The Morgan fingerprint density at radius 2 is 1.29 bits per heavy atom. The largest absolute Gasteiger partial charge is 0.0654 e. The van der Waals surface area contributed by atoms with Crippen LogP contribution in [-0.4, -0.2) is 0 Å². The lowest BCUT2D eigenvalue weighted by molar-refractivity contribution is 0.496. The van der Waals surface area contributed by atoms with E-state index in [1.54, 1.807) is 0 Å². The number of hydrogen-bond donors (Lipinski definition) is 0. The van der Waals surface area contributed by atoms with E-state index in [-0.39, 0.29) is 0 Å². The second kappa shape index (κ2) is 11.1. The van der Waals surface area contributed by atoms with Gasteiger partial charge in [-0.25, -0.2) is 0 Å². The lowest BCUT2D eigenvalue weighted by Gasteiger charge is -2.03. The van der Waals surface area contributed by atoms with Gasteiger partial charge >= 0.3 is 0 Å². The molecule has 14 heavy (non-hydrogen) atoms. The zero-order chi connectivity index (χ0) is 10.6. The van der Waals surface area contributed by atoms with Crippen molar-refractivity contribution in [3.8, 4) is 0 Å². The van der Waals surface area contributed by atoms with Crippen molar-refractivity contribution >= 4 is 0 Å². The maximum absolute atomic E-state index is 2.29. The van der Waals surface area contributed by atoms with Gasteiger partial charge in [-0.15, -0.1) is 0 Å². The van der Waals surface area contributed by atoms with Gasteiger partial charge in [-0.3, -0.25) is 0 Å². The van der Waals surface area contributed by atoms with Crippen molar-refractivity contribution in [2.24, 2.45) is 5.92 Å². The summed E-state index contributed by atoms with van der Waals surface area (Å²) >= 11 is 0. The Balaban J connectivity index is 0.000000255. The molecule has 0 spiro atoms. The quantitative estimate of drug-likeness (QED) is 0.507. The average Bonchev–Trinajstić information content (AvgIpc) is 2.69. The molecule has 0 aromatic carbocycles. The van der Waals surface area contributed by atoms with Gasteiger partial charge in [0.05, 0.1) is 0 Å². The van der Waals surface area contributed by atoms with Crippen LogP contribution in [0.15, 0.2) is 0 Å². The fourth-order valence-corrected chi connectivity index (χ4v) is 2.21. The third kappa shape index (κ3) is 8.59. The molecule has 0 saturated heterocycles. The molecule has 0 unspecified atom stereocenters. The van der Waals surface area contributed by atoms with Gasteiger partial charge in [0.15, 0.2) is 0 Å². The number of rotatable bonds is 5. The molecule has 86 valence electrons. The summed E-state index contributed by atoms with van der Waals surface area (Å²) in [4.78, 5) is 0. The molecule has 1 fully saturated rings. The molecule has 0 aromatic heterocycles. The average molecular weight is 198 g/mol. The summed E-state index contributed by atoms with van der Waals surface area (Å²) in [5, 5.41) is 0. The Bertz CT molecular complexity index is 86.2. The summed E-state index contributed by atoms with van der Waals surface area (Å²) in [7, 11) is 0. The fraction of sp³-hybridized carbons (Fsp3) is 1.00. The first-order chi connectivity index (χ1) is 6.85. The van der Waals surface area contributed by atoms with Crippen molar-refractivity contribution in [1.29, 1.82) is 0 Å². The van der Waals surface area contributed by atoms with Gasteiger partial charge in [-0.05, 0) is 5.92 Å². The van der Waals surface area contributed by atoms with Gasteiger partial charge in [0.2, 0.25) is 0 Å². The van der Waals surface area contributed by atoms with Gasteiger partial charge < -0.3 is 0 Å². The molecular weight excluding hydrogens is 168 g/mol. The summed E-state index contributed by atoms with van der Waals surface area (Å²) in [6.07, 6.45) is 14.5. The van der Waals surface area contributed by atoms with E-state index in [0.717, 1.165) is 5.92 Å². The monoisotopic (exact) mass is 198 g/mol. The van der Waals surface area contributed by atoms with Gasteiger partial charge in [-0.2, -0.15) is 0 Å². The summed E-state index contributed by atoms with van der Waals surface area (Å²) in [6, 6.07) is 0. The Morgan fingerprint density at radius 3 is 1.64 bits per heavy atom. The normalized spacial score (nSPS) is 16.5. The highest BCUT2D eigenvalue weighted by Crippen LogP contribution is 2.27. The van der Waals surface area contributed by atoms with Crippen LogP contribution < -0.4 is 0 Å². The van der Waals surface area contributed by atoms with E-state index in [4.69, 9.17) is 0 Å². The highest BCUT2D eigenvalue weighted by molar-refractivity contribution is 4.65. The van der Waals surface area contributed by atoms with Gasteiger partial charge in [-0.1, -0.05) is 85.0 Å². The Kier molecular flexibility index (Phi) is 11.1. The van der Waals surface area contributed by atoms with Gasteiger partial charge in [0.1, 0.15) is 0 Å². The van der Waals surface area contributed by atoms with E-state index in [1.165, 1.54) is 64.2 Å². The molecule has 0 nitrogen and oxygen atoms in total. The van der Waals surface area contributed by atoms with Crippen LogP contribution in [0.4, 0.5) is 0 Å². The van der Waals surface area contributed by atoms with Crippen LogP contribution in [0, 0.1) is 5.92 Å². The second-order valence-corrected chi connectivity index (χ2v) is 4.65. The van der Waals surface area contributed by atoms with E-state index in [2.05, 4.69) is 20.8 Å². The predicted molar refractivity (Wildman–Crippen MR) is 66.7 cm³/mol. The van der Waals surface area contributed by atoms with Gasteiger partial charge in [0.25, 0.3) is 0 Å². The van der Waals surface area contributed by atoms with E-state index in [0.29, 0.717) is 0 Å². The minimum Gasteiger partial charge on any atom is -0.0654 e. The smallest absolute Gasteiger partial charge is 0.0414 e. The van der Waals surface area contributed by atoms with Crippen LogP contribution >= 0.6 is 0 Å². The molecule has 0 N–H and O–H groups in total. The molecule has 0 atom stereocenters. The molecule has 0 bridgehead atoms. The SMILES string of the molecule is CCCC1CCCC1.CCCCCC. The van der Waals surface area contributed by atoms with Crippen molar-refractivity contribution < 1.29 is 0 Å². The van der Waals surface area contributed by atoms with E-state index in [1.807, 2.05) is 0 Å². The summed E-state index contributed by atoms with van der Waals surface area (Å²) in [6.45, 7) is 6.75. The van der Waals surface area contributed by atoms with Crippen molar-refractivity contribution in [3.63, 3.8) is 0 Å². The first-order valence-electron chi connectivity index (χ1n) is 6.85. The first kappa shape index (κ1) is 14.0. The number of hydrogen-bond acceptors (Lipinski definition) is 0. The summed E-state index contributed by atoms with van der Waals surface area (Å²) in [5.74, 6) is 1.11. The standard InChI is InChI=1S/C8H16.C6H14/c1-2-5-8-6-3-4-7-8;1-3-5-6-4-2/h8H,2-7H2,1H3;3-6H2,1-2H3. The molecular formula is C14H30. The molecule has 1 rings (SSSR count). The van der Waals surface area contributed by atoms with Crippen LogP contribution in [-0.2, 0) is 0 Å². The molecule has 0 heterocycles. The molecule has 1 saturated carbocycles. The predicted octanol–water partition coefficient (Wildman–Crippen LogP) is 5.56. The third-order valence-corrected chi connectivity index (χ3v) is 3.13. The maximum atomic E-state index is 2.29. The Hall–Kier alpha value is 0. The molecule has 0 amide bonds.